The molecule has 24 heavy (non-hydrogen) atoms. The summed E-state index contributed by atoms with van der Waals surface area (Å²) in [5, 5.41) is 3.55. The van der Waals surface area contributed by atoms with Crippen LogP contribution in [-0.4, -0.2) is 41.0 Å². The van der Waals surface area contributed by atoms with Crippen molar-refractivity contribution in [3.63, 3.8) is 0 Å². The minimum atomic E-state index is -0.00579. The largest absolute Gasteiger partial charge is 0.495 e. The van der Waals surface area contributed by atoms with Crippen LogP contribution in [0.2, 0.25) is 5.02 Å². The van der Waals surface area contributed by atoms with Crippen LogP contribution in [0.15, 0.2) is 30.6 Å². The fourth-order valence-corrected chi connectivity index (χ4v) is 2.91. The van der Waals surface area contributed by atoms with Crippen LogP contribution >= 0.6 is 11.6 Å². The number of amides is 1. The second-order valence-corrected chi connectivity index (χ2v) is 6.03. The summed E-state index contributed by atoms with van der Waals surface area (Å²) in [5.74, 6) is 1.01. The third-order valence-electron chi connectivity index (χ3n) is 3.95. The van der Waals surface area contributed by atoms with Crippen LogP contribution in [0.3, 0.4) is 0 Å². The molecule has 1 fully saturated rings. The molecular weight excluding hydrogens is 328 g/mol. The molecule has 0 saturated carbocycles. The average molecular weight is 347 g/mol. The molecule has 126 valence electrons. The zero-order valence-corrected chi connectivity index (χ0v) is 14.2. The molecule has 0 atom stereocenters. The molecular formula is C17H19ClN4O2. The molecule has 1 aromatic carbocycles. The maximum atomic E-state index is 12.4. The van der Waals surface area contributed by atoms with Crippen LogP contribution in [-0.2, 0) is 0 Å². The van der Waals surface area contributed by atoms with Gasteiger partial charge in [0.2, 0.25) is 5.95 Å². The van der Waals surface area contributed by atoms with Gasteiger partial charge >= 0.3 is 0 Å². The van der Waals surface area contributed by atoms with Gasteiger partial charge in [-0.05, 0) is 37.5 Å². The summed E-state index contributed by atoms with van der Waals surface area (Å²) in [6.45, 7) is 1.62. The molecule has 1 N–H and O–H groups in total. The van der Waals surface area contributed by atoms with Gasteiger partial charge in [0.05, 0.1) is 17.7 Å². The van der Waals surface area contributed by atoms with Gasteiger partial charge in [0.25, 0.3) is 5.91 Å². The number of carbonyl (C=O) groups is 1. The topological polar surface area (TPSA) is 67.3 Å². The predicted octanol–water partition coefficient (Wildman–Crippen LogP) is 3.51. The molecule has 0 spiro atoms. The molecule has 1 aliphatic rings. The normalized spacial score (nSPS) is 14.3. The number of piperidine rings is 1. The Morgan fingerprint density at radius 3 is 2.54 bits per heavy atom. The Morgan fingerprint density at radius 1 is 1.21 bits per heavy atom. The number of rotatable bonds is 4. The average Bonchev–Trinajstić information content (AvgIpc) is 2.63. The maximum Gasteiger partial charge on any atom is 0.256 e. The van der Waals surface area contributed by atoms with E-state index in [1.807, 2.05) is 11.0 Å². The number of ether oxygens (including phenoxy) is 1. The number of halogens is 1. The smallest absolute Gasteiger partial charge is 0.256 e. The van der Waals surface area contributed by atoms with Crippen molar-refractivity contribution >= 4 is 29.1 Å². The zero-order valence-electron chi connectivity index (χ0n) is 13.5. The highest BCUT2D eigenvalue weighted by molar-refractivity contribution is 6.32. The van der Waals surface area contributed by atoms with Crippen molar-refractivity contribution in [2.24, 2.45) is 0 Å². The molecule has 3 rings (SSSR count). The van der Waals surface area contributed by atoms with Crippen LogP contribution < -0.4 is 10.1 Å². The summed E-state index contributed by atoms with van der Waals surface area (Å²) in [7, 11) is 1.56. The second kappa shape index (κ2) is 7.49. The number of hydrogen-bond acceptors (Lipinski definition) is 5. The van der Waals surface area contributed by atoms with E-state index < -0.39 is 0 Å². The first-order valence-corrected chi connectivity index (χ1v) is 8.27. The van der Waals surface area contributed by atoms with Gasteiger partial charge in [-0.1, -0.05) is 11.6 Å². The van der Waals surface area contributed by atoms with E-state index in [0.29, 0.717) is 22.3 Å². The fraction of sp³-hybridized carbons (Fsp3) is 0.353. The Balaban J connectivity index is 1.68. The number of anilines is 2. The van der Waals surface area contributed by atoms with Crippen molar-refractivity contribution in [3.05, 3.63) is 41.2 Å². The fourth-order valence-electron chi connectivity index (χ4n) is 2.66. The third-order valence-corrected chi connectivity index (χ3v) is 4.25. The van der Waals surface area contributed by atoms with E-state index in [0.717, 1.165) is 31.6 Å². The summed E-state index contributed by atoms with van der Waals surface area (Å²) < 4.78 is 5.12. The van der Waals surface area contributed by atoms with Gasteiger partial charge in [-0.15, -0.1) is 0 Å². The van der Waals surface area contributed by atoms with Crippen LogP contribution in [0.4, 0.5) is 11.6 Å². The zero-order chi connectivity index (χ0) is 16.9. The van der Waals surface area contributed by atoms with Crippen LogP contribution in [0.1, 0.15) is 29.6 Å². The molecule has 0 unspecified atom stereocenters. The van der Waals surface area contributed by atoms with Crippen molar-refractivity contribution < 1.29 is 9.53 Å². The Kier molecular flexibility index (Phi) is 5.15. The summed E-state index contributed by atoms with van der Waals surface area (Å²) in [6.07, 6.45) is 6.41. The Hall–Kier alpha value is -2.34. The first-order valence-electron chi connectivity index (χ1n) is 7.89. The summed E-state index contributed by atoms with van der Waals surface area (Å²) in [6, 6.07) is 5.32. The highest BCUT2D eigenvalue weighted by atomic mass is 35.5. The molecule has 6 nitrogen and oxygen atoms in total. The number of likely N-dealkylation sites (tertiary alicyclic amines) is 1. The van der Waals surface area contributed by atoms with E-state index in [1.54, 1.807) is 31.6 Å². The van der Waals surface area contributed by atoms with Crippen molar-refractivity contribution in [3.8, 4) is 5.75 Å². The quantitative estimate of drug-likeness (QED) is 0.917. The van der Waals surface area contributed by atoms with Crippen molar-refractivity contribution in [1.29, 1.82) is 0 Å². The van der Waals surface area contributed by atoms with Gasteiger partial charge in [-0.2, -0.15) is 0 Å². The number of methoxy groups -OCH3 is 1. The van der Waals surface area contributed by atoms with Gasteiger partial charge < -0.3 is 15.0 Å². The molecule has 1 saturated heterocycles. The van der Waals surface area contributed by atoms with Crippen molar-refractivity contribution in [2.45, 2.75) is 19.3 Å². The van der Waals surface area contributed by atoms with Crippen molar-refractivity contribution in [1.82, 2.24) is 14.9 Å². The number of aromatic nitrogens is 2. The highest BCUT2D eigenvalue weighted by Gasteiger charge is 2.18. The molecule has 1 aromatic heterocycles. The lowest BCUT2D eigenvalue weighted by molar-refractivity contribution is 0.0723. The van der Waals surface area contributed by atoms with E-state index in [1.165, 1.54) is 6.42 Å². The van der Waals surface area contributed by atoms with Crippen molar-refractivity contribution in [2.75, 3.05) is 25.5 Å². The van der Waals surface area contributed by atoms with E-state index in [9.17, 15) is 4.79 Å². The van der Waals surface area contributed by atoms with Crippen LogP contribution in [0.25, 0.3) is 0 Å². The second-order valence-electron chi connectivity index (χ2n) is 5.62. The molecule has 2 aromatic rings. The third kappa shape index (κ3) is 3.76. The standard InChI is InChI=1S/C17H19ClN4O2/c1-24-15-6-5-13(9-14(15)18)21-17-19-10-12(11-20-17)16(23)22-7-3-2-4-8-22/h5-6,9-11H,2-4,7-8H2,1H3,(H,19,20,21). The lowest BCUT2D eigenvalue weighted by Gasteiger charge is -2.26. The Labute approximate surface area is 145 Å². The number of carbonyl (C=O) groups excluding carboxylic acids is 1. The minimum absolute atomic E-state index is 0.00579. The molecule has 1 amide bonds. The Morgan fingerprint density at radius 2 is 1.92 bits per heavy atom. The minimum Gasteiger partial charge on any atom is -0.495 e. The van der Waals surface area contributed by atoms with Gasteiger partial charge in [0, 0.05) is 31.2 Å². The van der Waals surface area contributed by atoms with Gasteiger partial charge in [-0.3, -0.25) is 4.79 Å². The number of benzene rings is 1. The monoisotopic (exact) mass is 346 g/mol. The van der Waals surface area contributed by atoms with Gasteiger partial charge in [-0.25, -0.2) is 9.97 Å². The lowest BCUT2D eigenvalue weighted by Crippen LogP contribution is -2.35. The molecule has 0 bridgehead atoms. The molecule has 0 aliphatic carbocycles. The first kappa shape index (κ1) is 16.5. The van der Waals surface area contributed by atoms with E-state index >= 15 is 0 Å². The lowest BCUT2D eigenvalue weighted by atomic mass is 10.1. The summed E-state index contributed by atoms with van der Waals surface area (Å²) >= 11 is 6.09. The molecule has 7 heteroatoms. The van der Waals surface area contributed by atoms with E-state index in [4.69, 9.17) is 16.3 Å². The number of hydrogen-bond donors (Lipinski definition) is 1. The van der Waals surface area contributed by atoms with E-state index in [2.05, 4.69) is 15.3 Å². The van der Waals surface area contributed by atoms with Crippen LogP contribution in [0, 0.1) is 0 Å². The highest BCUT2D eigenvalue weighted by Crippen LogP contribution is 2.28. The summed E-state index contributed by atoms with van der Waals surface area (Å²) in [5.41, 5.74) is 1.26. The van der Waals surface area contributed by atoms with Crippen LogP contribution in [0.5, 0.6) is 5.75 Å². The Bertz CT molecular complexity index is 715. The van der Waals surface area contributed by atoms with Gasteiger partial charge in [0.1, 0.15) is 5.75 Å². The molecule has 1 aliphatic heterocycles. The molecule has 0 radical (unpaired) electrons. The predicted molar refractivity (Wildman–Crippen MR) is 93.1 cm³/mol. The van der Waals surface area contributed by atoms with Gasteiger partial charge in [0.15, 0.2) is 0 Å². The number of nitrogens with one attached hydrogen (secondary N) is 1. The first-order chi connectivity index (χ1) is 11.7. The summed E-state index contributed by atoms with van der Waals surface area (Å²) in [4.78, 5) is 22.7. The number of nitrogens with zero attached hydrogens (tertiary/aromatic N) is 3. The van der Waals surface area contributed by atoms with E-state index in [-0.39, 0.29) is 5.91 Å². The molecule has 2 heterocycles. The maximum absolute atomic E-state index is 12.4. The SMILES string of the molecule is COc1ccc(Nc2ncc(C(=O)N3CCCCC3)cn2)cc1Cl.